The number of pyridine rings is 1. The Hall–Kier alpha value is -2.94. The maximum atomic E-state index is 13.5. The van der Waals surface area contributed by atoms with Gasteiger partial charge in [0.1, 0.15) is 5.82 Å². The van der Waals surface area contributed by atoms with Crippen LogP contribution >= 0.6 is 15.9 Å². The minimum Gasteiger partial charge on any atom is -0.366 e. The Kier molecular flexibility index (Phi) is 7.27. The molecule has 1 saturated carbocycles. The maximum Gasteiger partial charge on any atom is 0.416 e. The molecule has 36 heavy (non-hydrogen) atoms. The molecule has 188 valence electrons. The lowest BCUT2D eigenvalue weighted by Crippen LogP contribution is -2.12. The van der Waals surface area contributed by atoms with Gasteiger partial charge in [-0.05, 0) is 70.8 Å². The van der Waals surface area contributed by atoms with Crippen molar-refractivity contribution < 1.29 is 13.2 Å². The molecule has 1 N–H and O–H groups in total. The third-order valence-electron chi connectivity index (χ3n) is 6.98. The molecule has 0 spiro atoms. The lowest BCUT2D eigenvalue weighted by atomic mass is 9.89. The van der Waals surface area contributed by atoms with E-state index in [0.29, 0.717) is 18.5 Å². The van der Waals surface area contributed by atoms with Gasteiger partial charge in [0, 0.05) is 36.6 Å². The Bertz CT molecular complexity index is 1320. The van der Waals surface area contributed by atoms with Crippen LogP contribution in [0.25, 0.3) is 5.65 Å². The minimum absolute atomic E-state index is 0.229. The highest BCUT2D eigenvalue weighted by atomic mass is 79.9. The van der Waals surface area contributed by atoms with Crippen LogP contribution in [0.15, 0.2) is 65.5 Å². The predicted molar refractivity (Wildman–Crippen MR) is 137 cm³/mol. The van der Waals surface area contributed by atoms with Gasteiger partial charge in [0.25, 0.3) is 0 Å². The first kappa shape index (κ1) is 24.7. The molecule has 3 aromatic heterocycles. The van der Waals surface area contributed by atoms with Crippen molar-refractivity contribution in [3.63, 3.8) is 0 Å². The zero-order valence-electron chi connectivity index (χ0n) is 19.7. The van der Waals surface area contributed by atoms with E-state index in [1.807, 2.05) is 18.3 Å². The van der Waals surface area contributed by atoms with E-state index in [9.17, 15) is 13.2 Å². The highest BCUT2D eigenvalue weighted by Gasteiger charge is 2.33. The van der Waals surface area contributed by atoms with Crippen LogP contribution in [0.3, 0.4) is 0 Å². The molecule has 0 amide bonds. The van der Waals surface area contributed by atoms with Gasteiger partial charge in [-0.1, -0.05) is 37.1 Å². The average Bonchev–Trinajstić information content (AvgIpc) is 3.09. The molecule has 1 aliphatic carbocycles. The number of aromatic nitrogens is 4. The van der Waals surface area contributed by atoms with E-state index in [0.717, 1.165) is 59.3 Å². The van der Waals surface area contributed by atoms with E-state index in [4.69, 9.17) is 4.98 Å². The van der Waals surface area contributed by atoms with Gasteiger partial charge in [0.15, 0.2) is 5.65 Å². The van der Waals surface area contributed by atoms with Gasteiger partial charge in [-0.2, -0.15) is 22.8 Å². The summed E-state index contributed by atoms with van der Waals surface area (Å²) in [5, 5.41) is 7.93. The van der Waals surface area contributed by atoms with E-state index in [1.165, 1.54) is 12.1 Å². The van der Waals surface area contributed by atoms with Crippen LogP contribution in [-0.2, 0) is 19.1 Å². The van der Waals surface area contributed by atoms with Crippen LogP contribution in [0.5, 0.6) is 0 Å². The zero-order valence-corrected chi connectivity index (χ0v) is 21.3. The van der Waals surface area contributed by atoms with Crippen molar-refractivity contribution in [1.29, 1.82) is 0 Å². The summed E-state index contributed by atoms with van der Waals surface area (Å²) in [6.07, 6.45) is 6.09. The molecule has 1 aromatic carbocycles. The van der Waals surface area contributed by atoms with Gasteiger partial charge in [0.2, 0.25) is 0 Å². The van der Waals surface area contributed by atoms with Crippen molar-refractivity contribution in [3.8, 4) is 0 Å². The van der Waals surface area contributed by atoms with Gasteiger partial charge in [-0.25, -0.2) is 4.98 Å². The second-order valence-corrected chi connectivity index (χ2v) is 10.3. The molecule has 2 unspecified atom stereocenters. The fraction of sp³-hybridized carbons (Fsp3) is 0.370. The van der Waals surface area contributed by atoms with Gasteiger partial charge in [-0.15, -0.1) is 0 Å². The van der Waals surface area contributed by atoms with Gasteiger partial charge < -0.3 is 5.32 Å². The number of fused-ring (bicyclic) bond motifs is 1. The number of rotatable bonds is 6. The third-order valence-corrected chi connectivity index (χ3v) is 7.54. The van der Waals surface area contributed by atoms with Crippen molar-refractivity contribution in [1.82, 2.24) is 19.6 Å². The molecule has 0 radical (unpaired) electrons. The van der Waals surface area contributed by atoms with Crippen LogP contribution in [0.1, 0.15) is 60.4 Å². The number of alkyl halides is 3. The highest BCUT2D eigenvalue weighted by molar-refractivity contribution is 9.10. The molecular weight excluding hydrogens is 531 g/mol. The molecule has 4 aromatic rings. The third kappa shape index (κ3) is 5.56. The van der Waals surface area contributed by atoms with E-state index in [1.54, 1.807) is 29.0 Å². The van der Waals surface area contributed by atoms with Crippen LogP contribution in [0.4, 0.5) is 19.0 Å². The summed E-state index contributed by atoms with van der Waals surface area (Å²) in [6, 6.07) is 12.0. The molecule has 5 nitrogen and oxygen atoms in total. The number of anilines is 1. The number of nitrogens with zero attached hydrogens (tertiary/aromatic N) is 4. The SMILES string of the molecule is FC(F)(F)c1ccccc1CC1CCCC(c2cc(NCc3cccnc3)n3ncc(Br)c3n2)CC1. The molecule has 5 rings (SSSR count). The summed E-state index contributed by atoms with van der Waals surface area (Å²) in [5.41, 5.74) is 2.70. The molecule has 1 aliphatic rings. The van der Waals surface area contributed by atoms with E-state index >= 15 is 0 Å². The number of halogens is 4. The van der Waals surface area contributed by atoms with Crippen LogP contribution in [0.2, 0.25) is 0 Å². The first-order valence-corrected chi connectivity index (χ1v) is 13.0. The van der Waals surface area contributed by atoms with Crippen LogP contribution in [-0.4, -0.2) is 19.6 Å². The smallest absolute Gasteiger partial charge is 0.366 e. The zero-order chi connectivity index (χ0) is 25.1. The second kappa shape index (κ2) is 10.6. The second-order valence-electron chi connectivity index (χ2n) is 9.44. The number of benzene rings is 1. The highest BCUT2D eigenvalue weighted by Crippen LogP contribution is 2.38. The average molecular weight is 558 g/mol. The lowest BCUT2D eigenvalue weighted by Gasteiger charge is -2.19. The summed E-state index contributed by atoms with van der Waals surface area (Å²) < 4.78 is 43.1. The molecule has 9 heteroatoms. The van der Waals surface area contributed by atoms with Crippen LogP contribution < -0.4 is 5.32 Å². The Balaban J connectivity index is 1.33. The lowest BCUT2D eigenvalue weighted by molar-refractivity contribution is -0.138. The standard InChI is InChI=1S/C27H27BrF3N5/c28-23-17-34-36-25(33-16-19-6-4-12-32-15-19)14-24(35-26(23)36)20-8-3-5-18(10-11-20)13-21-7-1-2-9-22(21)27(29,30)31/h1-2,4,6-7,9,12,14-15,17-18,20,33H,3,5,8,10-11,13,16H2. The Labute approximate surface area is 216 Å². The monoisotopic (exact) mass is 557 g/mol. The quantitative estimate of drug-likeness (QED) is 0.250. The summed E-state index contributed by atoms with van der Waals surface area (Å²) >= 11 is 3.56. The van der Waals surface area contributed by atoms with E-state index < -0.39 is 11.7 Å². The van der Waals surface area contributed by atoms with Crippen LogP contribution in [0, 0.1) is 5.92 Å². The largest absolute Gasteiger partial charge is 0.416 e. The van der Waals surface area contributed by atoms with Gasteiger partial charge in [-0.3, -0.25) is 4.98 Å². The van der Waals surface area contributed by atoms with Gasteiger partial charge >= 0.3 is 6.18 Å². The van der Waals surface area contributed by atoms with Crippen molar-refractivity contribution in [2.45, 2.75) is 57.2 Å². The van der Waals surface area contributed by atoms with Crippen molar-refractivity contribution in [2.75, 3.05) is 5.32 Å². The number of nitrogens with one attached hydrogen (secondary N) is 1. The van der Waals surface area contributed by atoms with Gasteiger partial charge in [0.05, 0.1) is 16.2 Å². The Morgan fingerprint density at radius 2 is 1.89 bits per heavy atom. The molecule has 3 heterocycles. The molecule has 1 fully saturated rings. The molecule has 0 saturated heterocycles. The fourth-order valence-corrected chi connectivity index (χ4v) is 5.50. The summed E-state index contributed by atoms with van der Waals surface area (Å²) in [4.78, 5) is 9.10. The Morgan fingerprint density at radius 3 is 2.69 bits per heavy atom. The topological polar surface area (TPSA) is 55.1 Å². The number of hydrogen-bond donors (Lipinski definition) is 1. The minimum atomic E-state index is -4.32. The molecule has 0 bridgehead atoms. The van der Waals surface area contributed by atoms with Crippen molar-refractivity contribution in [3.05, 3.63) is 87.9 Å². The predicted octanol–water partition coefficient (Wildman–Crippen LogP) is 7.42. The summed E-state index contributed by atoms with van der Waals surface area (Å²) in [6.45, 7) is 0.606. The number of hydrogen-bond acceptors (Lipinski definition) is 4. The molecule has 2 atom stereocenters. The molecule has 0 aliphatic heterocycles. The van der Waals surface area contributed by atoms with E-state index in [-0.39, 0.29) is 11.8 Å². The van der Waals surface area contributed by atoms with E-state index in [2.05, 4.69) is 37.4 Å². The summed E-state index contributed by atoms with van der Waals surface area (Å²) in [5.74, 6) is 1.33. The first-order valence-electron chi connectivity index (χ1n) is 12.2. The van der Waals surface area contributed by atoms with Crippen molar-refractivity contribution in [2.24, 2.45) is 5.92 Å². The summed E-state index contributed by atoms with van der Waals surface area (Å²) in [7, 11) is 0. The normalized spacial score (nSPS) is 18.8. The fourth-order valence-electron chi connectivity index (χ4n) is 5.15. The maximum absolute atomic E-state index is 13.5. The van der Waals surface area contributed by atoms with Crippen molar-refractivity contribution >= 4 is 27.4 Å². The molecular formula is C27H27BrF3N5. The first-order chi connectivity index (χ1) is 17.4. The Morgan fingerprint density at radius 1 is 1.03 bits per heavy atom.